The van der Waals surface area contributed by atoms with Crippen LogP contribution in [0.15, 0.2) is 107 Å². The summed E-state index contributed by atoms with van der Waals surface area (Å²) in [5.41, 5.74) is 7.64. The molecule has 5 nitrogen and oxygen atoms in total. The summed E-state index contributed by atoms with van der Waals surface area (Å²) in [4.78, 5) is 21.5. The van der Waals surface area contributed by atoms with E-state index >= 15 is 0 Å². The third-order valence-electron chi connectivity index (χ3n) is 7.36. The minimum absolute atomic E-state index is 0.221. The predicted octanol–water partition coefficient (Wildman–Crippen LogP) is 9.87. The Labute approximate surface area is 254 Å². The van der Waals surface area contributed by atoms with Crippen LogP contribution in [0.5, 0.6) is 0 Å². The Kier molecular flexibility index (Phi) is 7.92. The van der Waals surface area contributed by atoms with E-state index in [4.69, 9.17) is 16.0 Å². The molecule has 6 rings (SSSR count). The Hall–Kier alpha value is -4.26. The van der Waals surface area contributed by atoms with Gasteiger partial charge in [-0.1, -0.05) is 65.2 Å². The summed E-state index contributed by atoms with van der Waals surface area (Å²) in [7, 11) is 0. The second-order valence-corrected chi connectivity index (χ2v) is 11.7. The number of aryl methyl sites for hydroxylation is 2. The maximum absolute atomic E-state index is 14.2. The molecule has 4 aromatic carbocycles. The molecule has 6 aromatic rings. The smallest absolute Gasteiger partial charge is 0.322 e. The fourth-order valence-electron chi connectivity index (χ4n) is 5.21. The standard InChI is InChI=1S/C35H30ClN3O2S/c1-22-6-9-24(10-7-22)20-39(35(40)38-34-27-5-4-18-37-29(27)15-17-32(34)42-3)21-31-33(25-11-13-26(36)14-12-25)28-19-23(2)8-16-30(28)41-31/h4-19H,20-21H2,1-3H3,(H,38,40). The molecule has 0 bridgehead atoms. The van der Waals surface area contributed by atoms with E-state index in [-0.39, 0.29) is 12.6 Å². The maximum atomic E-state index is 14.2. The first kappa shape index (κ1) is 27.9. The van der Waals surface area contributed by atoms with E-state index in [1.165, 1.54) is 5.56 Å². The summed E-state index contributed by atoms with van der Waals surface area (Å²) < 4.78 is 6.47. The van der Waals surface area contributed by atoms with Crippen molar-refractivity contribution in [1.29, 1.82) is 0 Å². The number of carbonyl (C=O) groups excluding carboxylic acids is 1. The van der Waals surface area contributed by atoms with Crippen LogP contribution in [-0.2, 0) is 13.1 Å². The zero-order valence-corrected chi connectivity index (χ0v) is 25.2. The Morgan fingerprint density at radius 2 is 1.67 bits per heavy atom. The van der Waals surface area contributed by atoms with Gasteiger partial charge in [-0.3, -0.25) is 4.98 Å². The Morgan fingerprint density at radius 1 is 0.905 bits per heavy atom. The first-order valence-electron chi connectivity index (χ1n) is 13.7. The molecule has 0 aliphatic carbocycles. The van der Waals surface area contributed by atoms with Gasteiger partial charge in [0.15, 0.2) is 0 Å². The third-order valence-corrected chi connectivity index (χ3v) is 8.40. The fraction of sp³-hybridized carbons (Fsp3) is 0.143. The summed E-state index contributed by atoms with van der Waals surface area (Å²) in [6, 6.07) is 29.8. The Balaban J connectivity index is 1.43. The van der Waals surface area contributed by atoms with Gasteiger partial charge in [0.1, 0.15) is 11.3 Å². The molecule has 210 valence electrons. The molecule has 0 fully saturated rings. The number of anilines is 1. The topological polar surface area (TPSA) is 58.4 Å². The number of nitrogens with one attached hydrogen (secondary N) is 1. The van der Waals surface area contributed by atoms with Crippen molar-refractivity contribution in [2.45, 2.75) is 31.8 Å². The normalized spacial score (nSPS) is 11.2. The van der Waals surface area contributed by atoms with Gasteiger partial charge < -0.3 is 14.6 Å². The summed E-state index contributed by atoms with van der Waals surface area (Å²) in [5, 5.41) is 5.80. The van der Waals surface area contributed by atoms with Crippen LogP contribution in [0.1, 0.15) is 22.5 Å². The fourth-order valence-corrected chi connectivity index (χ4v) is 5.91. The quantitative estimate of drug-likeness (QED) is 0.188. The maximum Gasteiger partial charge on any atom is 0.322 e. The number of amides is 2. The highest BCUT2D eigenvalue weighted by Crippen LogP contribution is 2.38. The van der Waals surface area contributed by atoms with Gasteiger partial charge in [0.2, 0.25) is 0 Å². The molecule has 2 amide bonds. The van der Waals surface area contributed by atoms with Crippen LogP contribution < -0.4 is 5.32 Å². The Bertz CT molecular complexity index is 1900. The van der Waals surface area contributed by atoms with Crippen LogP contribution >= 0.6 is 23.4 Å². The van der Waals surface area contributed by atoms with Gasteiger partial charge in [-0.25, -0.2) is 4.79 Å². The summed E-state index contributed by atoms with van der Waals surface area (Å²) >= 11 is 7.82. The number of thioether (sulfide) groups is 1. The Morgan fingerprint density at radius 3 is 2.43 bits per heavy atom. The van der Waals surface area contributed by atoms with Crippen LogP contribution in [0.2, 0.25) is 5.02 Å². The number of fused-ring (bicyclic) bond motifs is 2. The number of nitrogens with zero attached hydrogens (tertiary/aromatic N) is 2. The number of halogens is 1. The molecule has 1 N–H and O–H groups in total. The molecule has 0 saturated heterocycles. The molecular weight excluding hydrogens is 562 g/mol. The van der Waals surface area contributed by atoms with Crippen LogP contribution in [0.4, 0.5) is 10.5 Å². The van der Waals surface area contributed by atoms with Crippen molar-refractivity contribution >= 4 is 57.0 Å². The van der Waals surface area contributed by atoms with E-state index in [0.717, 1.165) is 54.7 Å². The van der Waals surface area contributed by atoms with Gasteiger partial charge in [-0.05, 0) is 79.8 Å². The van der Waals surface area contributed by atoms with Gasteiger partial charge in [-0.15, -0.1) is 11.8 Å². The molecule has 2 aromatic heterocycles. The monoisotopic (exact) mass is 591 g/mol. The number of hydrogen-bond donors (Lipinski definition) is 1. The van der Waals surface area contributed by atoms with Gasteiger partial charge in [0, 0.05) is 39.0 Å². The third kappa shape index (κ3) is 5.73. The molecule has 0 atom stereocenters. The number of furan rings is 1. The largest absolute Gasteiger partial charge is 0.459 e. The highest BCUT2D eigenvalue weighted by molar-refractivity contribution is 7.98. The summed E-state index contributed by atoms with van der Waals surface area (Å²) in [6.45, 7) is 4.79. The molecule has 0 aliphatic heterocycles. The van der Waals surface area contributed by atoms with Crippen molar-refractivity contribution in [3.8, 4) is 11.1 Å². The van der Waals surface area contributed by atoms with Gasteiger partial charge in [0.05, 0.1) is 17.7 Å². The number of rotatable bonds is 7. The van der Waals surface area contributed by atoms with E-state index in [1.807, 2.05) is 66.9 Å². The van der Waals surface area contributed by atoms with E-state index < -0.39 is 0 Å². The summed E-state index contributed by atoms with van der Waals surface area (Å²) in [6.07, 6.45) is 3.77. The van der Waals surface area contributed by atoms with Crippen LogP contribution in [-0.4, -0.2) is 22.2 Å². The zero-order chi connectivity index (χ0) is 29.2. The predicted molar refractivity (Wildman–Crippen MR) is 174 cm³/mol. The van der Waals surface area contributed by atoms with E-state index in [0.29, 0.717) is 17.3 Å². The first-order valence-corrected chi connectivity index (χ1v) is 15.3. The van der Waals surface area contributed by atoms with Crippen LogP contribution in [0.25, 0.3) is 33.0 Å². The molecular formula is C35H30ClN3O2S. The lowest BCUT2D eigenvalue weighted by Crippen LogP contribution is -2.34. The second kappa shape index (κ2) is 11.9. The lowest BCUT2D eigenvalue weighted by atomic mass is 10.0. The van der Waals surface area contributed by atoms with E-state index in [1.54, 1.807) is 22.9 Å². The average molecular weight is 592 g/mol. The van der Waals surface area contributed by atoms with Crippen molar-refractivity contribution in [2.75, 3.05) is 11.6 Å². The number of pyridine rings is 1. The average Bonchev–Trinajstić information content (AvgIpc) is 3.35. The molecule has 0 saturated carbocycles. The molecule has 0 unspecified atom stereocenters. The number of carbonyl (C=O) groups is 1. The van der Waals surface area contributed by atoms with Gasteiger partial charge in [0.25, 0.3) is 0 Å². The van der Waals surface area contributed by atoms with Gasteiger partial charge in [-0.2, -0.15) is 0 Å². The lowest BCUT2D eigenvalue weighted by molar-refractivity contribution is 0.202. The SMILES string of the molecule is CSc1ccc2ncccc2c1NC(=O)N(Cc1ccc(C)cc1)Cc1oc2ccc(C)cc2c1-c1ccc(Cl)cc1. The highest BCUT2D eigenvalue weighted by atomic mass is 35.5. The van der Waals surface area contributed by atoms with Crippen molar-refractivity contribution < 1.29 is 9.21 Å². The summed E-state index contributed by atoms with van der Waals surface area (Å²) in [5.74, 6) is 0.713. The molecule has 0 radical (unpaired) electrons. The molecule has 7 heteroatoms. The first-order chi connectivity index (χ1) is 20.4. The molecule has 42 heavy (non-hydrogen) atoms. The van der Waals surface area contributed by atoms with E-state index in [9.17, 15) is 4.79 Å². The number of hydrogen-bond acceptors (Lipinski definition) is 4. The van der Waals surface area contributed by atoms with Crippen molar-refractivity contribution in [1.82, 2.24) is 9.88 Å². The van der Waals surface area contributed by atoms with Crippen LogP contribution in [0.3, 0.4) is 0 Å². The minimum atomic E-state index is -0.221. The molecule has 2 heterocycles. The number of urea groups is 1. The van der Waals surface area contributed by atoms with Gasteiger partial charge >= 0.3 is 6.03 Å². The minimum Gasteiger partial charge on any atom is -0.459 e. The number of benzene rings is 4. The van der Waals surface area contributed by atoms with Crippen molar-refractivity contribution in [2.24, 2.45) is 0 Å². The second-order valence-electron chi connectivity index (χ2n) is 10.4. The van der Waals surface area contributed by atoms with Crippen molar-refractivity contribution in [3.63, 3.8) is 0 Å². The molecule has 0 aliphatic rings. The number of aromatic nitrogens is 1. The molecule has 0 spiro atoms. The van der Waals surface area contributed by atoms with Crippen LogP contribution in [0, 0.1) is 13.8 Å². The lowest BCUT2D eigenvalue weighted by Gasteiger charge is -2.24. The highest BCUT2D eigenvalue weighted by Gasteiger charge is 2.23. The van der Waals surface area contributed by atoms with Crippen molar-refractivity contribution in [3.05, 3.63) is 125 Å². The zero-order valence-electron chi connectivity index (χ0n) is 23.6. The van der Waals surface area contributed by atoms with E-state index in [2.05, 4.69) is 54.5 Å².